The second kappa shape index (κ2) is 6.65. The van der Waals surface area contributed by atoms with E-state index in [1.807, 2.05) is 31.2 Å². The number of anilines is 1. The van der Waals surface area contributed by atoms with Crippen molar-refractivity contribution in [1.82, 2.24) is 0 Å². The van der Waals surface area contributed by atoms with Gasteiger partial charge in [0.15, 0.2) is 6.10 Å². The summed E-state index contributed by atoms with van der Waals surface area (Å²) in [6.45, 7) is 3.59. The van der Waals surface area contributed by atoms with Gasteiger partial charge in [0.05, 0.1) is 5.56 Å². The van der Waals surface area contributed by atoms with Crippen LogP contribution in [0.4, 0.5) is 5.69 Å². The van der Waals surface area contributed by atoms with Gasteiger partial charge in [0.1, 0.15) is 0 Å². The molecule has 0 saturated carbocycles. The molecule has 0 fully saturated rings. The van der Waals surface area contributed by atoms with Crippen molar-refractivity contribution in [2.24, 2.45) is 0 Å². The molecule has 0 saturated heterocycles. The fourth-order valence-corrected chi connectivity index (χ4v) is 3.18. The SMILES string of the molecule is C[C@H](OC(=O)c1cccc(Cl)c1)C(=O)N1c2ccccc2C[C@@H]1C. The molecule has 4 nitrogen and oxygen atoms in total. The maximum Gasteiger partial charge on any atom is 0.338 e. The molecule has 0 aromatic heterocycles. The van der Waals surface area contributed by atoms with E-state index in [0.717, 1.165) is 17.7 Å². The molecular formula is C19H18ClNO3. The van der Waals surface area contributed by atoms with E-state index in [0.29, 0.717) is 10.6 Å². The van der Waals surface area contributed by atoms with Crippen LogP contribution in [0.2, 0.25) is 5.02 Å². The van der Waals surface area contributed by atoms with Crippen molar-refractivity contribution < 1.29 is 14.3 Å². The minimum Gasteiger partial charge on any atom is -0.449 e. The van der Waals surface area contributed by atoms with E-state index in [9.17, 15) is 9.59 Å². The number of fused-ring (bicyclic) bond motifs is 1. The third kappa shape index (κ3) is 3.15. The Hall–Kier alpha value is -2.33. The number of ether oxygens (including phenoxy) is 1. The first kappa shape index (κ1) is 16.5. The quantitative estimate of drug-likeness (QED) is 0.795. The molecule has 3 rings (SSSR count). The predicted molar refractivity (Wildman–Crippen MR) is 93.4 cm³/mol. The summed E-state index contributed by atoms with van der Waals surface area (Å²) in [6.07, 6.45) is -0.0678. The summed E-state index contributed by atoms with van der Waals surface area (Å²) in [7, 11) is 0. The minimum atomic E-state index is -0.870. The molecule has 0 bridgehead atoms. The highest BCUT2D eigenvalue weighted by atomic mass is 35.5. The Balaban J connectivity index is 1.75. The lowest BCUT2D eigenvalue weighted by molar-refractivity contribution is -0.126. The Morgan fingerprint density at radius 3 is 2.71 bits per heavy atom. The fourth-order valence-electron chi connectivity index (χ4n) is 2.99. The Morgan fingerprint density at radius 1 is 1.21 bits per heavy atom. The van der Waals surface area contributed by atoms with Crippen molar-refractivity contribution in [1.29, 1.82) is 0 Å². The number of esters is 1. The van der Waals surface area contributed by atoms with Crippen LogP contribution >= 0.6 is 11.6 Å². The zero-order chi connectivity index (χ0) is 17.3. The lowest BCUT2D eigenvalue weighted by Crippen LogP contribution is -2.43. The third-order valence-electron chi connectivity index (χ3n) is 4.14. The van der Waals surface area contributed by atoms with E-state index in [1.54, 1.807) is 30.0 Å². The summed E-state index contributed by atoms with van der Waals surface area (Å²) in [6, 6.07) is 14.3. The smallest absolute Gasteiger partial charge is 0.338 e. The van der Waals surface area contributed by atoms with Gasteiger partial charge in [0.25, 0.3) is 5.91 Å². The fraction of sp³-hybridized carbons (Fsp3) is 0.263. The van der Waals surface area contributed by atoms with Crippen LogP contribution in [0.15, 0.2) is 48.5 Å². The van der Waals surface area contributed by atoms with Gasteiger partial charge in [-0.1, -0.05) is 35.9 Å². The van der Waals surface area contributed by atoms with Gasteiger partial charge in [-0.3, -0.25) is 4.79 Å². The molecule has 0 spiro atoms. The van der Waals surface area contributed by atoms with Gasteiger partial charge in [0.2, 0.25) is 0 Å². The summed E-state index contributed by atoms with van der Waals surface area (Å²) in [5.74, 6) is -0.777. The highest BCUT2D eigenvalue weighted by molar-refractivity contribution is 6.30. The van der Waals surface area contributed by atoms with Crippen LogP contribution in [0.3, 0.4) is 0 Å². The number of halogens is 1. The molecule has 1 aliphatic rings. The molecule has 24 heavy (non-hydrogen) atoms. The zero-order valence-electron chi connectivity index (χ0n) is 13.5. The van der Waals surface area contributed by atoms with Crippen LogP contribution in [-0.4, -0.2) is 24.0 Å². The van der Waals surface area contributed by atoms with Crippen LogP contribution in [0.1, 0.15) is 29.8 Å². The van der Waals surface area contributed by atoms with Crippen LogP contribution in [-0.2, 0) is 16.0 Å². The van der Waals surface area contributed by atoms with E-state index in [2.05, 4.69) is 0 Å². The normalized spacial score (nSPS) is 17.3. The Bertz CT molecular complexity index is 790. The molecule has 2 atom stereocenters. The number of hydrogen-bond acceptors (Lipinski definition) is 3. The van der Waals surface area contributed by atoms with Crippen molar-refractivity contribution in [2.45, 2.75) is 32.4 Å². The minimum absolute atomic E-state index is 0.0437. The molecule has 1 aliphatic heterocycles. The lowest BCUT2D eigenvalue weighted by Gasteiger charge is -2.25. The number of amides is 1. The van der Waals surface area contributed by atoms with Crippen molar-refractivity contribution in [3.63, 3.8) is 0 Å². The van der Waals surface area contributed by atoms with Crippen LogP contribution in [0.5, 0.6) is 0 Å². The summed E-state index contributed by atoms with van der Waals surface area (Å²) >= 11 is 5.88. The van der Waals surface area contributed by atoms with Crippen LogP contribution in [0, 0.1) is 0 Å². The van der Waals surface area contributed by atoms with E-state index in [1.165, 1.54) is 6.07 Å². The molecule has 0 N–H and O–H groups in total. The number of carbonyl (C=O) groups is 2. The van der Waals surface area contributed by atoms with Crippen molar-refractivity contribution >= 4 is 29.2 Å². The predicted octanol–water partition coefficient (Wildman–Crippen LogP) is 3.86. The highest BCUT2D eigenvalue weighted by Gasteiger charge is 2.34. The summed E-state index contributed by atoms with van der Waals surface area (Å²) in [5.41, 5.74) is 2.35. The maximum atomic E-state index is 12.8. The Kier molecular flexibility index (Phi) is 4.58. The van der Waals surface area contributed by atoms with Gasteiger partial charge in [-0.2, -0.15) is 0 Å². The molecule has 1 amide bonds. The third-order valence-corrected chi connectivity index (χ3v) is 4.37. The first-order valence-corrected chi connectivity index (χ1v) is 8.22. The number of hydrogen-bond donors (Lipinski definition) is 0. The lowest BCUT2D eigenvalue weighted by atomic mass is 10.1. The Labute approximate surface area is 146 Å². The first-order valence-electron chi connectivity index (χ1n) is 7.85. The van der Waals surface area contributed by atoms with E-state index in [4.69, 9.17) is 16.3 Å². The zero-order valence-corrected chi connectivity index (χ0v) is 14.3. The highest BCUT2D eigenvalue weighted by Crippen LogP contribution is 2.32. The molecule has 2 aromatic rings. The summed E-state index contributed by atoms with van der Waals surface area (Å²) in [5, 5.41) is 0.450. The standard InChI is InChI=1S/C19H18ClNO3/c1-12-10-14-6-3-4-9-17(14)21(12)18(22)13(2)24-19(23)15-7-5-8-16(20)11-15/h3-9,11-13H,10H2,1-2H3/t12-,13-/m0/s1. The number of para-hydroxylation sites is 1. The van der Waals surface area contributed by atoms with Crippen molar-refractivity contribution in [3.8, 4) is 0 Å². The molecule has 0 unspecified atom stereocenters. The molecule has 124 valence electrons. The van der Waals surface area contributed by atoms with Crippen molar-refractivity contribution in [2.75, 3.05) is 4.90 Å². The molecule has 0 radical (unpaired) electrons. The molecule has 0 aliphatic carbocycles. The second-order valence-electron chi connectivity index (χ2n) is 5.95. The van der Waals surface area contributed by atoms with Gasteiger partial charge in [-0.05, 0) is 50.1 Å². The summed E-state index contributed by atoms with van der Waals surface area (Å²) in [4.78, 5) is 26.7. The number of rotatable bonds is 3. The first-order chi connectivity index (χ1) is 11.5. The number of benzene rings is 2. The van der Waals surface area contributed by atoms with Gasteiger partial charge in [-0.25, -0.2) is 4.79 Å². The van der Waals surface area contributed by atoms with E-state index >= 15 is 0 Å². The van der Waals surface area contributed by atoms with Gasteiger partial charge in [0, 0.05) is 16.8 Å². The average molecular weight is 344 g/mol. The second-order valence-corrected chi connectivity index (χ2v) is 6.38. The van der Waals surface area contributed by atoms with Crippen LogP contribution in [0.25, 0.3) is 0 Å². The number of carbonyl (C=O) groups excluding carboxylic acids is 2. The summed E-state index contributed by atoms with van der Waals surface area (Å²) < 4.78 is 5.34. The molecular weight excluding hydrogens is 326 g/mol. The molecule has 2 aromatic carbocycles. The largest absolute Gasteiger partial charge is 0.449 e. The van der Waals surface area contributed by atoms with Crippen molar-refractivity contribution in [3.05, 3.63) is 64.7 Å². The Morgan fingerprint density at radius 2 is 1.96 bits per heavy atom. The van der Waals surface area contributed by atoms with E-state index < -0.39 is 12.1 Å². The number of nitrogens with zero attached hydrogens (tertiary/aromatic N) is 1. The molecule has 1 heterocycles. The van der Waals surface area contributed by atoms with Gasteiger partial charge in [-0.15, -0.1) is 0 Å². The monoisotopic (exact) mass is 343 g/mol. The van der Waals surface area contributed by atoms with E-state index in [-0.39, 0.29) is 11.9 Å². The average Bonchev–Trinajstić information content (AvgIpc) is 2.89. The van der Waals surface area contributed by atoms with Crippen LogP contribution < -0.4 is 4.90 Å². The van der Waals surface area contributed by atoms with Gasteiger partial charge >= 0.3 is 5.97 Å². The topological polar surface area (TPSA) is 46.6 Å². The van der Waals surface area contributed by atoms with Gasteiger partial charge < -0.3 is 9.64 Å². The maximum absolute atomic E-state index is 12.8. The molecule has 5 heteroatoms.